The van der Waals surface area contributed by atoms with Crippen molar-refractivity contribution in [3.8, 4) is 0 Å². The largest absolute Gasteiger partial charge is 0.452 e. The van der Waals surface area contributed by atoms with Crippen LogP contribution < -0.4 is 5.32 Å². The number of ether oxygens (including phenoxy) is 1. The number of amides is 1. The minimum Gasteiger partial charge on any atom is -0.452 e. The highest BCUT2D eigenvalue weighted by Gasteiger charge is 2.12. The van der Waals surface area contributed by atoms with E-state index in [2.05, 4.69) is 26.2 Å². The van der Waals surface area contributed by atoms with Gasteiger partial charge >= 0.3 is 5.97 Å². The maximum Gasteiger partial charge on any atom is 0.338 e. The van der Waals surface area contributed by atoms with E-state index in [4.69, 9.17) is 4.74 Å². The van der Waals surface area contributed by atoms with Crippen molar-refractivity contribution in [3.05, 3.63) is 57.5 Å². The molecule has 3 rings (SSSR count). The van der Waals surface area contributed by atoms with Gasteiger partial charge in [0, 0.05) is 10.2 Å². The predicted molar refractivity (Wildman–Crippen MR) is 97.4 cm³/mol. The number of benzene rings is 2. The van der Waals surface area contributed by atoms with Gasteiger partial charge in [-0.15, -0.1) is 11.3 Å². The molecule has 0 radical (unpaired) electrons. The number of nitrogens with zero attached hydrogens (tertiary/aromatic N) is 1. The molecule has 0 atom stereocenters. The number of rotatable bonds is 4. The molecule has 1 amide bonds. The average Bonchev–Trinajstić information content (AvgIpc) is 3.03. The second-order valence-electron chi connectivity index (χ2n) is 5.12. The quantitative estimate of drug-likeness (QED) is 0.662. The van der Waals surface area contributed by atoms with Crippen LogP contribution >= 0.6 is 27.3 Å². The number of esters is 1. The van der Waals surface area contributed by atoms with Gasteiger partial charge < -0.3 is 10.1 Å². The van der Waals surface area contributed by atoms with E-state index in [1.807, 2.05) is 13.0 Å². The lowest BCUT2D eigenvalue weighted by Crippen LogP contribution is -2.20. The minimum atomic E-state index is -0.537. The first-order chi connectivity index (χ1) is 11.5. The first kappa shape index (κ1) is 16.6. The van der Waals surface area contributed by atoms with Crippen LogP contribution in [-0.2, 0) is 9.53 Å². The predicted octanol–water partition coefficient (Wildman–Crippen LogP) is 4.16. The molecule has 1 heterocycles. The summed E-state index contributed by atoms with van der Waals surface area (Å²) in [6.45, 7) is 1.61. The Morgan fingerprint density at radius 2 is 2.08 bits per heavy atom. The number of hydrogen-bond donors (Lipinski definition) is 1. The standard InChI is InChI=1S/C17H13BrN2O3S/c1-10-2-4-12(7-13(10)18)20-16(21)8-23-17(22)11-3-5-14-15(6-11)24-9-19-14/h2-7,9H,8H2,1H3,(H,20,21). The number of thiazole rings is 1. The number of aryl methyl sites for hydroxylation is 1. The molecule has 5 nitrogen and oxygen atoms in total. The minimum absolute atomic E-state index is 0.342. The van der Waals surface area contributed by atoms with Crippen molar-refractivity contribution in [2.75, 3.05) is 11.9 Å². The van der Waals surface area contributed by atoms with E-state index in [0.29, 0.717) is 11.3 Å². The summed E-state index contributed by atoms with van der Waals surface area (Å²) in [5.74, 6) is -0.927. The second-order valence-corrected chi connectivity index (χ2v) is 6.86. The van der Waals surface area contributed by atoms with Crippen LogP contribution in [0, 0.1) is 6.92 Å². The van der Waals surface area contributed by atoms with Gasteiger partial charge in [0.25, 0.3) is 5.91 Å². The van der Waals surface area contributed by atoms with Crippen LogP contribution in [0.5, 0.6) is 0 Å². The van der Waals surface area contributed by atoms with Crippen LogP contribution in [0.25, 0.3) is 10.2 Å². The molecule has 1 aromatic heterocycles. The first-order valence-electron chi connectivity index (χ1n) is 7.09. The lowest BCUT2D eigenvalue weighted by atomic mass is 10.2. The van der Waals surface area contributed by atoms with Gasteiger partial charge in [-0.1, -0.05) is 22.0 Å². The fraction of sp³-hybridized carbons (Fsp3) is 0.118. The molecule has 1 N–H and O–H groups in total. The van der Waals surface area contributed by atoms with Crippen molar-refractivity contribution in [3.63, 3.8) is 0 Å². The molecule has 0 saturated carbocycles. The first-order valence-corrected chi connectivity index (χ1v) is 8.76. The van der Waals surface area contributed by atoms with Gasteiger partial charge in [0.15, 0.2) is 6.61 Å². The molecular formula is C17H13BrN2O3S. The van der Waals surface area contributed by atoms with E-state index in [1.165, 1.54) is 11.3 Å². The van der Waals surface area contributed by atoms with Gasteiger partial charge in [-0.05, 0) is 42.8 Å². The summed E-state index contributed by atoms with van der Waals surface area (Å²) >= 11 is 4.85. The Morgan fingerprint density at radius 1 is 1.25 bits per heavy atom. The third kappa shape index (κ3) is 3.80. The fourth-order valence-corrected chi connectivity index (χ4v) is 3.16. The summed E-state index contributed by atoms with van der Waals surface area (Å²) in [5, 5.41) is 2.69. The molecule has 0 fully saturated rings. The Balaban J connectivity index is 1.58. The number of aromatic nitrogens is 1. The summed E-state index contributed by atoms with van der Waals surface area (Å²) in [5.41, 5.74) is 4.65. The Labute approximate surface area is 150 Å². The summed E-state index contributed by atoms with van der Waals surface area (Å²) in [7, 11) is 0. The molecular weight excluding hydrogens is 392 g/mol. The van der Waals surface area contributed by atoms with E-state index in [1.54, 1.807) is 35.8 Å². The van der Waals surface area contributed by atoms with Crippen LogP contribution in [-0.4, -0.2) is 23.5 Å². The molecule has 24 heavy (non-hydrogen) atoms. The van der Waals surface area contributed by atoms with Gasteiger partial charge in [-0.3, -0.25) is 4.79 Å². The highest BCUT2D eigenvalue weighted by atomic mass is 79.9. The maximum absolute atomic E-state index is 12.0. The van der Waals surface area contributed by atoms with Gasteiger partial charge in [-0.25, -0.2) is 9.78 Å². The zero-order valence-electron chi connectivity index (χ0n) is 12.7. The smallest absolute Gasteiger partial charge is 0.338 e. The van der Waals surface area contributed by atoms with Crippen LogP contribution in [0.2, 0.25) is 0 Å². The average molecular weight is 405 g/mol. The highest BCUT2D eigenvalue weighted by Crippen LogP contribution is 2.21. The van der Waals surface area contributed by atoms with E-state index < -0.39 is 11.9 Å². The lowest BCUT2D eigenvalue weighted by Gasteiger charge is -2.08. The van der Waals surface area contributed by atoms with Gasteiger partial charge in [0.1, 0.15) is 0 Å². The number of fused-ring (bicyclic) bond motifs is 1. The molecule has 7 heteroatoms. The van der Waals surface area contributed by atoms with Crippen molar-refractivity contribution in [1.29, 1.82) is 0 Å². The number of carbonyl (C=O) groups excluding carboxylic acids is 2. The van der Waals surface area contributed by atoms with Crippen molar-refractivity contribution in [2.45, 2.75) is 6.92 Å². The van der Waals surface area contributed by atoms with Gasteiger partial charge in [-0.2, -0.15) is 0 Å². The van der Waals surface area contributed by atoms with Gasteiger partial charge in [0.2, 0.25) is 0 Å². The van der Waals surface area contributed by atoms with Gasteiger partial charge in [0.05, 0.1) is 21.3 Å². The zero-order valence-corrected chi connectivity index (χ0v) is 15.1. The molecule has 0 unspecified atom stereocenters. The molecule has 0 aliphatic carbocycles. The third-order valence-corrected chi connectivity index (χ3v) is 5.00. The summed E-state index contributed by atoms with van der Waals surface area (Å²) in [4.78, 5) is 28.1. The molecule has 122 valence electrons. The molecule has 2 aromatic carbocycles. The molecule has 0 aliphatic rings. The lowest BCUT2D eigenvalue weighted by molar-refractivity contribution is -0.119. The number of halogens is 1. The zero-order chi connectivity index (χ0) is 17.1. The van der Waals surface area contributed by atoms with Crippen molar-refractivity contribution < 1.29 is 14.3 Å². The van der Waals surface area contributed by atoms with Crippen LogP contribution in [0.15, 0.2) is 46.4 Å². The Hall–Kier alpha value is -2.25. The van der Waals surface area contributed by atoms with Crippen molar-refractivity contribution in [1.82, 2.24) is 4.98 Å². The molecule has 0 spiro atoms. The Kier molecular flexibility index (Phi) is 4.92. The Morgan fingerprint density at radius 3 is 2.88 bits per heavy atom. The second kappa shape index (κ2) is 7.11. The van der Waals surface area contributed by atoms with Crippen LogP contribution in [0.3, 0.4) is 0 Å². The molecule has 0 saturated heterocycles. The Bertz CT molecular complexity index is 923. The van der Waals surface area contributed by atoms with Crippen molar-refractivity contribution >= 4 is 55.0 Å². The summed E-state index contributed by atoms with van der Waals surface area (Å²) in [6.07, 6.45) is 0. The number of anilines is 1. The number of nitrogens with one attached hydrogen (secondary N) is 1. The molecule has 0 aliphatic heterocycles. The van der Waals surface area contributed by atoms with E-state index >= 15 is 0 Å². The monoisotopic (exact) mass is 404 g/mol. The fourth-order valence-electron chi connectivity index (χ4n) is 2.06. The van der Waals surface area contributed by atoms with Crippen LogP contribution in [0.4, 0.5) is 5.69 Å². The topological polar surface area (TPSA) is 68.3 Å². The SMILES string of the molecule is Cc1ccc(NC(=O)COC(=O)c2ccc3ncsc3c2)cc1Br. The molecule has 3 aromatic rings. The normalized spacial score (nSPS) is 10.6. The van der Waals surface area contributed by atoms with E-state index in [0.717, 1.165) is 20.3 Å². The maximum atomic E-state index is 12.0. The van der Waals surface area contributed by atoms with E-state index in [9.17, 15) is 9.59 Å². The number of carbonyl (C=O) groups is 2. The van der Waals surface area contributed by atoms with Crippen LogP contribution in [0.1, 0.15) is 15.9 Å². The summed E-state index contributed by atoms with van der Waals surface area (Å²) < 4.78 is 6.86. The summed E-state index contributed by atoms with van der Waals surface area (Å²) in [6, 6.07) is 10.6. The van der Waals surface area contributed by atoms with Crippen molar-refractivity contribution in [2.24, 2.45) is 0 Å². The number of hydrogen-bond acceptors (Lipinski definition) is 5. The highest BCUT2D eigenvalue weighted by molar-refractivity contribution is 9.10. The van der Waals surface area contributed by atoms with E-state index in [-0.39, 0.29) is 6.61 Å². The molecule has 0 bridgehead atoms. The third-order valence-electron chi connectivity index (χ3n) is 3.36.